The van der Waals surface area contributed by atoms with Crippen LogP contribution in [0.25, 0.3) is 0 Å². The van der Waals surface area contributed by atoms with E-state index >= 15 is 0 Å². The number of carbonyl (C=O) groups is 2. The highest BCUT2D eigenvalue weighted by atomic mass is 16.7. The normalized spacial score (nSPS) is 45.8. The molecule has 2 heterocycles. The number of rotatable bonds is 6. The van der Waals surface area contributed by atoms with E-state index < -0.39 is 64.4 Å². The average molecular weight is 538 g/mol. The monoisotopic (exact) mass is 537 g/mol. The summed E-state index contributed by atoms with van der Waals surface area (Å²) >= 11 is 0. The summed E-state index contributed by atoms with van der Waals surface area (Å²) in [5.74, 6) is -0.618. The molecule has 0 aromatic carbocycles. The van der Waals surface area contributed by atoms with Gasteiger partial charge in [-0.1, -0.05) is 26.8 Å². The molecule has 1 amide bonds. The minimum absolute atomic E-state index is 0.0466. The minimum atomic E-state index is -1.56. The number of nitrogens with zero attached hydrogens (tertiary/aromatic N) is 2. The van der Waals surface area contributed by atoms with Crippen molar-refractivity contribution < 1.29 is 33.6 Å². The number of likely N-dealkylation sites (N-methyl/N-ethyl adjacent to an activating group) is 1. The number of hydrogen-bond acceptors (Lipinski definition) is 9. The van der Waals surface area contributed by atoms with Gasteiger partial charge >= 0.3 is 6.09 Å². The van der Waals surface area contributed by atoms with E-state index in [-0.39, 0.29) is 12.2 Å². The molecule has 2 saturated carbocycles. The van der Waals surface area contributed by atoms with Gasteiger partial charge in [-0.15, -0.1) is 6.58 Å². The van der Waals surface area contributed by atoms with Crippen molar-refractivity contribution in [2.75, 3.05) is 41.3 Å². The van der Waals surface area contributed by atoms with E-state index in [0.717, 1.165) is 6.42 Å². The van der Waals surface area contributed by atoms with Gasteiger partial charge in [-0.3, -0.25) is 9.69 Å². The molecule has 0 aromatic heterocycles. The Morgan fingerprint density at radius 2 is 1.87 bits per heavy atom. The lowest BCUT2D eigenvalue weighted by Crippen LogP contribution is -2.89. The van der Waals surface area contributed by atoms with Crippen LogP contribution in [0.15, 0.2) is 12.7 Å². The number of aliphatic hydroxyl groups excluding tert-OH is 1. The second kappa shape index (κ2) is 9.52. The van der Waals surface area contributed by atoms with Crippen LogP contribution >= 0.6 is 0 Å². The minimum Gasteiger partial charge on any atom is -0.443 e. The van der Waals surface area contributed by atoms with E-state index in [9.17, 15) is 14.7 Å². The number of amides is 1. The fourth-order valence-electron chi connectivity index (χ4n) is 7.97. The smallest absolute Gasteiger partial charge is 0.407 e. The number of carbonyl (C=O) groups excluding carboxylic acids is 2. The summed E-state index contributed by atoms with van der Waals surface area (Å²) in [5.41, 5.74) is -5.53. The maximum Gasteiger partial charge on any atom is 0.407 e. The number of ether oxygens (including phenoxy) is 4. The average Bonchev–Trinajstić information content (AvgIpc) is 2.79. The Balaban J connectivity index is 1.88. The maximum absolute atomic E-state index is 14.5. The van der Waals surface area contributed by atoms with Gasteiger partial charge in [-0.2, -0.15) is 0 Å². The van der Waals surface area contributed by atoms with E-state index in [2.05, 4.69) is 25.7 Å². The van der Waals surface area contributed by atoms with Gasteiger partial charge in [0.15, 0.2) is 11.4 Å². The first kappa shape index (κ1) is 29.4. The lowest BCUT2D eigenvalue weighted by atomic mass is 9.39. The topological polar surface area (TPSA) is 110 Å². The third-order valence-corrected chi connectivity index (χ3v) is 9.70. The summed E-state index contributed by atoms with van der Waals surface area (Å²) in [7, 11) is 7.50. The molecule has 4 aliphatic rings. The van der Waals surface area contributed by atoms with E-state index in [0.29, 0.717) is 19.5 Å². The van der Waals surface area contributed by atoms with Crippen LogP contribution in [-0.2, 0) is 23.7 Å². The Kier molecular flexibility index (Phi) is 7.37. The maximum atomic E-state index is 14.5. The van der Waals surface area contributed by atoms with Crippen molar-refractivity contribution in [2.24, 2.45) is 16.7 Å². The zero-order valence-electron chi connectivity index (χ0n) is 24.5. The number of ketones is 1. The zero-order chi connectivity index (χ0) is 28.5. The molecule has 10 nitrogen and oxygen atoms in total. The van der Waals surface area contributed by atoms with Gasteiger partial charge in [-0.25, -0.2) is 4.79 Å². The molecule has 4 fully saturated rings. The van der Waals surface area contributed by atoms with Gasteiger partial charge in [0.1, 0.15) is 17.8 Å². The highest BCUT2D eigenvalue weighted by molar-refractivity contribution is 5.93. The number of alkyl carbamates (subject to hydrolysis) is 1. The summed E-state index contributed by atoms with van der Waals surface area (Å²) in [4.78, 5) is 31.3. The molecule has 38 heavy (non-hydrogen) atoms. The van der Waals surface area contributed by atoms with Crippen LogP contribution in [0.1, 0.15) is 53.9 Å². The molecular weight excluding hydrogens is 490 g/mol. The van der Waals surface area contributed by atoms with Crippen LogP contribution in [-0.4, -0.2) is 110 Å². The van der Waals surface area contributed by atoms with Gasteiger partial charge < -0.3 is 34.3 Å². The lowest BCUT2D eigenvalue weighted by molar-refractivity contribution is -0.456. The number of aliphatic hydroxyl groups is 1. The van der Waals surface area contributed by atoms with E-state index in [1.54, 1.807) is 24.8 Å². The third-order valence-electron chi connectivity index (χ3n) is 9.70. The molecule has 1 spiro atoms. The number of hydrogen-bond donors (Lipinski definition) is 2. The van der Waals surface area contributed by atoms with E-state index in [1.165, 1.54) is 0 Å². The van der Waals surface area contributed by atoms with Crippen molar-refractivity contribution in [3.05, 3.63) is 12.7 Å². The molecule has 216 valence electrons. The SMILES string of the molecule is C=C[C@@]1(C)CC(=O)[C@@]23OC(N(C)C)O[C@H]4CCC(C)(C)[C@H]([C@H](OC(=O)NCCN(C)C)[C@H](O)[C@@]2(C)O1)[C@]43C. The molecule has 2 saturated heterocycles. The van der Waals surface area contributed by atoms with Crippen LogP contribution in [0.4, 0.5) is 4.79 Å². The molecule has 2 aliphatic heterocycles. The van der Waals surface area contributed by atoms with Crippen LogP contribution in [0.3, 0.4) is 0 Å². The van der Waals surface area contributed by atoms with Gasteiger partial charge in [0.25, 0.3) is 0 Å². The van der Waals surface area contributed by atoms with Gasteiger partial charge in [0.2, 0.25) is 6.41 Å². The Labute approximate surface area is 227 Å². The van der Waals surface area contributed by atoms with E-state index in [1.807, 2.05) is 40.0 Å². The summed E-state index contributed by atoms with van der Waals surface area (Å²) in [6, 6.07) is 0. The molecule has 1 unspecified atom stereocenters. The first-order chi connectivity index (χ1) is 17.5. The van der Waals surface area contributed by atoms with Crippen molar-refractivity contribution in [3.8, 4) is 0 Å². The third kappa shape index (κ3) is 4.06. The summed E-state index contributed by atoms with van der Waals surface area (Å²) in [6.45, 7) is 14.6. The molecule has 10 heteroatoms. The molecule has 4 rings (SSSR count). The summed E-state index contributed by atoms with van der Waals surface area (Å²) in [5, 5.41) is 15.0. The van der Waals surface area contributed by atoms with Crippen molar-refractivity contribution in [1.29, 1.82) is 0 Å². The predicted octanol–water partition coefficient (Wildman–Crippen LogP) is 2.15. The molecule has 2 aliphatic carbocycles. The predicted molar refractivity (Wildman–Crippen MR) is 141 cm³/mol. The second-order valence-electron chi connectivity index (χ2n) is 13.4. The van der Waals surface area contributed by atoms with Crippen molar-refractivity contribution >= 4 is 11.9 Å². The lowest BCUT2D eigenvalue weighted by Gasteiger charge is -2.74. The number of Topliss-reactive ketones (excluding diaryl/α,β-unsaturated/α-hetero) is 1. The summed E-state index contributed by atoms with van der Waals surface area (Å²) < 4.78 is 26.0. The standard InChI is InChI=1S/C28H47N3O7/c1-11-25(4)16-17(32)28-26(5)18(35-23(37-28)31(9)10)12-13-24(2,3)20(26)19(21(33)27(28,6)38-25)36-22(34)29-14-15-30(7)8/h11,18-21,23,33H,1,12-16H2,2-10H3,(H,29,34)/t18-,19-,20-,21-,23?,25-,26-,27+,28-/m0/s1. The molecular formula is C28H47N3O7. The zero-order valence-corrected chi connectivity index (χ0v) is 24.5. The van der Waals surface area contributed by atoms with Crippen molar-refractivity contribution in [1.82, 2.24) is 15.1 Å². The Morgan fingerprint density at radius 3 is 2.45 bits per heavy atom. The van der Waals surface area contributed by atoms with Crippen molar-refractivity contribution in [2.45, 2.75) is 95.4 Å². The van der Waals surface area contributed by atoms with E-state index in [4.69, 9.17) is 18.9 Å². The molecule has 0 radical (unpaired) electrons. The fourth-order valence-corrected chi connectivity index (χ4v) is 7.97. The fraction of sp³-hybridized carbons (Fsp3) is 0.857. The van der Waals surface area contributed by atoms with Gasteiger partial charge in [-0.05, 0) is 60.3 Å². The quantitative estimate of drug-likeness (QED) is 0.493. The first-order valence-corrected chi connectivity index (χ1v) is 13.6. The highest BCUT2D eigenvalue weighted by Gasteiger charge is 2.84. The molecule has 0 bridgehead atoms. The Bertz CT molecular complexity index is 972. The first-order valence-electron chi connectivity index (χ1n) is 13.6. The summed E-state index contributed by atoms with van der Waals surface area (Å²) in [6.07, 6.45) is -1.06. The van der Waals surface area contributed by atoms with Crippen LogP contribution in [0.5, 0.6) is 0 Å². The molecule has 2 N–H and O–H groups in total. The van der Waals surface area contributed by atoms with Gasteiger partial charge in [0, 0.05) is 30.8 Å². The Morgan fingerprint density at radius 1 is 1.21 bits per heavy atom. The van der Waals surface area contributed by atoms with Crippen molar-refractivity contribution in [3.63, 3.8) is 0 Å². The second-order valence-corrected chi connectivity index (χ2v) is 13.4. The molecule has 9 atom stereocenters. The largest absolute Gasteiger partial charge is 0.443 e. The van der Waals surface area contributed by atoms with Crippen LogP contribution in [0.2, 0.25) is 0 Å². The number of nitrogens with one attached hydrogen (secondary N) is 1. The van der Waals surface area contributed by atoms with Gasteiger partial charge in [0.05, 0.1) is 11.7 Å². The molecule has 0 aromatic rings. The van der Waals surface area contributed by atoms with Crippen LogP contribution < -0.4 is 5.32 Å². The Hall–Kier alpha value is -1.56. The highest BCUT2D eigenvalue weighted by Crippen LogP contribution is 2.70. The van der Waals surface area contributed by atoms with Crippen LogP contribution in [0, 0.1) is 16.7 Å².